The lowest BCUT2D eigenvalue weighted by atomic mass is 9.90. The van der Waals surface area contributed by atoms with Gasteiger partial charge in [-0.3, -0.25) is 9.59 Å². The van der Waals surface area contributed by atoms with E-state index in [1.165, 1.54) is 0 Å². The molecule has 0 saturated heterocycles. The Kier molecular flexibility index (Phi) is 9.78. The van der Waals surface area contributed by atoms with Gasteiger partial charge in [-0.05, 0) is 12.8 Å². The third-order valence-electron chi connectivity index (χ3n) is 3.09. The van der Waals surface area contributed by atoms with Crippen molar-refractivity contribution in [3.63, 3.8) is 0 Å². The van der Waals surface area contributed by atoms with Crippen LogP contribution in [0.1, 0.15) is 71.6 Å². The highest BCUT2D eigenvalue weighted by atomic mass is 16.4. The minimum Gasteiger partial charge on any atom is -0.481 e. The number of carboxylic acids is 1. The van der Waals surface area contributed by atoms with E-state index in [4.69, 9.17) is 5.11 Å². The molecule has 0 rings (SSSR count). The number of hydrogen-bond acceptors (Lipinski definition) is 2. The number of rotatable bonds is 11. The van der Waals surface area contributed by atoms with Gasteiger partial charge in [-0.2, -0.15) is 0 Å². The Morgan fingerprint density at radius 3 is 1.76 bits per heavy atom. The molecule has 1 N–H and O–H groups in total. The van der Waals surface area contributed by atoms with E-state index >= 15 is 0 Å². The van der Waals surface area contributed by atoms with Gasteiger partial charge >= 0.3 is 5.97 Å². The van der Waals surface area contributed by atoms with E-state index in [9.17, 15) is 9.59 Å². The van der Waals surface area contributed by atoms with E-state index < -0.39 is 5.97 Å². The van der Waals surface area contributed by atoms with Gasteiger partial charge in [-0.25, -0.2) is 0 Å². The maximum Gasteiger partial charge on any atom is 0.310 e. The lowest BCUT2D eigenvalue weighted by molar-refractivity contribution is -0.141. The standard InChI is InChI=1S/C14H26O3/c1-3-5-7-9-12(10-8-6-4-2)13(15)11-14(16)17/h12H,3-11H2,1-2H3,(H,16,17). The summed E-state index contributed by atoms with van der Waals surface area (Å²) in [4.78, 5) is 22.3. The zero-order valence-corrected chi connectivity index (χ0v) is 11.2. The first-order valence-corrected chi connectivity index (χ1v) is 6.86. The second-order valence-electron chi connectivity index (χ2n) is 4.73. The molecular weight excluding hydrogens is 216 g/mol. The predicted octanol–water partition coefficient (Wildman–Crippen LogP) is 3.81. The zero-order chi connectivity index (χ0) is 13.1. The molecule has 3 nitrogen and oxygen atoms in total. The number of ketones is 1. The van der Waals surface area contributed by atoms with Gasteiger partial charge in [-0.1, -0.05) is 52.4 Å². The molecule has 0 fully saturated rings. The van der Waals surface area contributed by atoms with Gasteiger partial charge in [0.15, 0.2) is 0 Å². The van der Waals surface area contributed by atoms with Gasteiger partial charge in [-0.15, -0.1) is 0 Å². The number of carbonyl (C=O) groups excluding carboxylic acids is 1. The highest BCUT2D eigenvalue weighted by Gasteiger charge is 2.19. The first kappa shape index (κ1) is 16.1. The molecule has 0 aromatic carbocycles. The number of Topliss-reactive ketones (excluding diaryl/α,β-unsaturated/α-hetero) is 1. The molecule has 0 spiro atoms. The second kappa shape index (κ2) is 10.3. The van der Waals surface area contributed by atoms with Crippen LogP contribution in [0.4, 0.5) is 0 Å². The summed E-state index contributed by atoms with van der Waals surface area (Å²) in [5, 5.41) is 8.66. The summed E-state index contributed by atoms with van der Waals surface area (Å²) < 4.78 is 0. The fourth-order valence-corrected chi connectivity index (χ4v) is 2.04. The van der Waals surface area contributed by atoms with Gasteiger partial charge in [0, 0.05) is 5.92 Å². The molecule has 0 aromatic rings. The molecule has 0 aliphatic heterocycles. The van der Waals surface area contributed by atoms with Gasteiger partial charge in [0.2, 0.25) is 0 Å². The van der Waals surface area contributed by atoms with Crippen LogP contribution in [0.2, 0.25) is 0 Å². The summed E-state index contributed by atoms with van der Waals surface area (Å²) in [7, 11) is 0. The average Bonchev–Trinajstić information content (AvgIpc) is 2.26. The van der Waals surface area contributed by atoms with Crippen LogP contribution in [0.3, 0.4) is 0 Å². The van der Waals surface area contributed by atoms with Gasteiger partial charge < -0.3 is 5.11 Å². The normalized spacial score (nSPS) is 10.8. The molecule has 0 aliphatic carbocycles. The number of carboxylic acid groups (broad SMARTS) is 1. The molecule has 0 aliphatic rings. The molecule has 17 heavy (non-hydrogen) atoms. The average molecular weight is 242 g/mol. The maximum atomic E-state index is 11.8. The first-order chi connectivity index (χ1) is 8.11. The topological polar surface area (TPSA) is 54.4 Å². The Balaban J connectivity index is 4.07. The smallest absolute Gasteiger partial charge is 0.310 e. The van der Waals surface area contributed by atoms with Crippen molar-refractivity contribution in [2.75, 3.05) is 0 Å². The fraction of sp³-hybridized carbons (Fsp3) is 0.857. The van der Waals surface area contributed by atoms with Crippen molar-refractivity contribution in [3.05, 3.63) is 0 Å². The lowest BCUT2D eigenvalue weighted by Gasteiger charge is -2.14. The predicted molar refractivity (Wildman–Crippen MR) is 69.0 cm³/mol. The largest absolute Gasteiger partial charge is 0.481 e. The van der Waals surface area contributed by atoms with Gasteiger partial charge in [0.1, 0.15) is 12.2 Å². The lowest BCUT2D eigenvalue weighted by Crippen LogP contribution is -2.18. The monoisotopic (exact) mass is 242 g/mol. The molecule has 0 bridgehead atoms. The van der Waals surface area contributed by atoms with Crippen LogP contribution in [0.15, 0.2) is 0 Å². The Morgan fingerprint density at radius 1 is 0.941 bits per heavy atom. The molecular formula is C14H26O3. The first-order valence-electron chi connectivity index (χ1n) is 6.86. The quantitative estimate of drug-likeness (QED) is 0.443. The summed E-state index contributed by atoms with van der Waals surface area (Å²) in [6.45, 7) is 4.26. The molecule has 0 unspecified atom stereocenters. The van der Waals surface area contributed by atoms with Crippen LogP contribution in [-0.2, 0) is 9.59 Å². The van der Waals surface area contributed by atoms with Crippen LogP contribution in [0.5, 0.6) is 0 Å². The molecule has 0 amide bonds. The Hall–Kier alpha value is -0.860. The van der Waals surface area contributed by atoms with Crippen LogP contribution in [-0.4, -0.2) is 16.9 Å². The third-order valence-corrected chi connectivity index (χ3v) is 3.09. The van der Waals surface area contributed by atoms with E-state index in [0.717, 1.165) is 51.4 Å². The van der Waals surface area contributed by atoms with E-state index in [0.29, 0.717) is 0 Å². The zero-order valence-electron chi connectivity index (χ0n) is 11.2. The Morgan fingerprint density at radius 2 is 1.41 bits per heavy atom. The summed E-state index contributed by atoms with van der Waals surface area (Å²) in [5.41, 5.74) is 0. The molecule has 0 saturated carbocycles. The van der Waals surface area contributed by atoms with E-state index in [1.807, 2.05) is 0 Å². The fourth-order valence-electron chi connectivity index (χ4n) is 2.04. The van der Waals surface area contributed by atoms with Gasteiger partial charge in [0.05, 0.1) is 0 Å². The summed E-state index contributed by atoms with van der Waals surface area (Å²) in [6, 6.07) is 0. The molecule has 3 heteroatoms. The third kappa shape index (κ3) is 8.90. The van der Waals surface area contributed by atoms with Crippen LogP contribution in [0, 0.1) is 5.92 Å². The summed E-state index contributed by atoms with van der Waals surface area (Å²) in [5.74, 6) is -1.10. The molecule has 0 atom stereocenters. The summed E-state index contributed by atoms with van der Waals surface area (Å²) in [6.07, 6.45) is 8.03. The van der Waals surface area contributed by atoms with E-state index in [2.05, 4.69) is 13.8 Å². The molecule has 0 radical (unpaired) electrons. The second-order valence-corrected chi connectivity index (χ2v) is 4.73. The van der Waals surface area contributed by atoms with Crippen molar-refractivity contribution in [1.82, 2.24) is 0 Å². The van der Waals surface area contributed by atoms with Crippen molar-refractivity contribution >= 4 is 11.8 Å². The minimum atomic E-state index is -0.994. The van der Waals surface area contributed by atoms with Crippen molar-refractivity contribution < 1.29 is 14.7 Å². The van der Waals surface area contributed by atoms with Gasteiger partial charge in [0.25, 0.3) is 0 Å². The summed E-state index contributed by atoms with van der Waals surface area (Å²) >= 11 is 0. The molecule has 100 valence electrons. The molecule has 0 aromatic heterocycles. The van der Waals surface area contributed by atoms with Crippen molar-refractivity contribution in [2.45, 2.75) is 71.6 Å². The van der Waals surface area contributed by atoms with Crippen LogP contribution >= 0.6 is 0 Å². The number of unbranched alkanes of at least 4 members (excludes halogenated alkanes) is 4. The van der Waals surface area contributed by atoms with Crippen LogP contribution < -0.4 is 0 Å². The highest BCUT2D eigenvalue weighted by molar-refractivity contribution is 5.95. The number of carbonyl (C=O) groups is 2. The molecule has 0 heterocycles. The van der Waals surface area contributed by atoms with Crippen LogP contribution in [0.25, 0.3) is 0 Å². The Labute approximate surface area is 105 Å². The van der Waals surface area contributed by atoms with Crippen molar-refractivity contribution in [3.8, 4) is 0 Å². The Bertz CT molecular complexity index is 214. The van der Waals surface area contributed by atoms with Crippen molar-refractivity contribution in [1.29, 1.82) is 0 Å². The van der Waals surface area contributed by atoms with E-state index in [1.54, 1.807) is 0 Å². The SMILES string of the molecule is CCCCCC(CCCCC)C(=O)CC(=O)O. The number of aliphatic carboxylic acids is 1. The minimum absolute atomic E-state index is 0.0239. The van der Waals surface area contributed by atoms with Crippen molar-refractivity contribution in [2.24, 2.45) is 5.92 Å². The highest BCUT2D eigenvalue weighted by Crippen LogP contribution is 2.19. The van der Waals surface area contributed by atoms with E-state index in [-0.39, 0.29) is 18.1 Å². The maximum absolute atomic E-state index is 11.8. The number of hydrogen-bond donors (Lipinski definition) is 1.